The zero-order chi connectivity index (χ0) is 22.4. The fraction of sp³-hybridized carbons (Fsp3) is 0.167. The van der Waals surface area contributed by atoms with E-state index in [0.717, 1.165) is 30.3 Å². The Morgan fingerprint density at radius 3 is 2.44 bits per heavy atom. The van der Waals surface area contributed by atoms with Gasteiger partial charge in [-0.05, 0) is 70.0 Å². The first kappa shape index (κ1) is 21.7. The van der Waals surface area contributed by atoms with Crippen LogP contribution in [0, 0.1) is 0 Å². The van der Waals surface area contributed by atoms with Gasteiger partial charge in [-0.15, -0.1) is 0 Å². The van der Waals surface area contributed by atoms with E-state index in [2.05, 4.69) is 47.8 Å². The Hall–Kier alpha value is -2.16. The zero-order valence-electron chi connectivity index (χ0n) is 16.9. The maximum absolute atomic E-state index is 13.5. The minimum Gasteiger partial charge on any atom is -0.497 e. The van der Waals surface area contributed by atoms with E-state index >= 15 is 0 Å². The van der Waals surface area contributed by atoms with Gasteiger partial charge in [0, 0.05) is 26.5 Å². The molecule has 0 unspecified atom stereocenters. The molecule has 0 spiro atoms. The molecule has 3 aromatic rings. The molecule has 2 atom stereocenters. The highest BCUT2D eigenvalue weighted by molar-refractivity contribution is 9.11. The van der Waals surface area contributed by atoms with Gasteiger partial charge in [0.05, 0.1) is 23.3 Å². The van der Waals surface area contributed by atoms with Crippen LogP contribution in [0.25, 0.3) is 0 Å². The maximum Gasteiger partial charge on any atom is 0.251 e. The summed E-state index contributed by atoms with van der Waals surface area (Å²) in [4.78, 5) is 13.5. The van der Waals surface area contributed by atoms with Crippen LogP contribution >= 0.6 is 47.8 Å². The average Bonchev–Trinajstić information content (AvgIpc) is 3.24. The van der Waals surface area contributed by atoms with Crippen molar-refractivity contribution >= 4 is 59.3 Å². The lowest BCUT2D eigenvalue weighted by Crippen LogP contribution is -2.46. The summed E-state index contributed by atoms with van der Waals surface area (Å²) in [7, 11) is 1.60. The van der Waals surface area contributed by atoms with Crippen molar-refractivity contribution in [2.24, 2.45) is 5.10 Å². The molecule has 0 amide bonds. The summed E-state index contributed by atoms with van der Waals surface area (Å²) in [5, 5.41) is 6.66. The molecule has 8 heteroatoms. The number of carbonyl (C=O) groups excluding carboxylic acids is 1. The lowest BCUT2D eigenvalue weighted by Gasteiger charge is -2.37. The van der Waals surface area contributed by atoms with Crippen molar-refractivity contribution in [3.8, 4) is 11.5 Å². The first-order chi connectivity index (χ1) is 15.4. The highest BCUT2D eigenvalue weighted by atomic mass is 79.9. The number of ether oxygens (including phenoxy) is 2. The Morgan fingerprint density at radius 1 is 1.03 bits per heavy atom. The third-order valence-corrected chi connectivity index (χ3v) is 7.16. The Bertz CT molecular complexity index is 1230. The summed E-state index contributed by atoms with van der Waals surface area (Å²) in [5.74, 6) is 1.21. The van der Waals surface area contributed by atoms with Crippen LogP contribution in [0.1, 0.15) is 33.9 Å². The van der Waals surface area contributed by atoms with Crippen LogP contribution in [0.4, 0.5) is 0 Å². The molecule has 3 aromatic carbocycles. The van der Waals surface area contributed by atoms with Gasteiger partial charge in [0.1, 0.15) is 11.5 Å². The molecule has 0 radical (unpaired) electrons. The van der Waals surface area contributed by atoms with Gasteiger partial charge in [-0.25, -0.2) is 5.01 Å². The van der Waals surface area contributed by atoms with Crippen molar-refractivity contribution in [3.63, 3.8) is 0 Å². The predicted octanol–water partition coefficient (Wildman–Crippen LogP) is 6.74. The molecule has 0 fully saturated rings. The minimum absolute atomic E-state index is 0.113. The number of hydrogen-bond donors (Lipinski definition) is 0. The molecule has 0 N–H and O–H groups in total. The van der Waals surface area contributed by atoms with Crippen LogP contribution in [0.15, 0.2) is 79.2 Å². The Morgan fingerprint density at radius 2 is 1.75 bits per heavy atom. The topological polar surface area (TPSA) is 51.1 Å². The highest BCUT2D eigenvalue weighted by Gasteiger charge is 2.44. The molecule has 0 aromatic heterocycles. The largest absolute Gasteiger partial charge is 0.497 e. The van der Waals surface area contributed by atoms with E-state index in [1.807, 2.05) is 36.4 Å². The van der Waals surface area contributed by atoms with Gasteiger partial charge in [0.15, 0.2) is 0 Å². The van der Waals surface area contributed by atoms with Crippen molar-refractivity contribution in [2.45, 2.75) is 18.7 Å². The van der Waals surface area contributed by atoms with Crippen LogP contribution in [-0.4, -0.2) is 29.8 Å². The van der Waals surface area contributed by atoms with Gasteiger partial charge in [-0.2, -0.15) is 5.10 Å². The molecule has 0 saturated carbocycles. The predicted molar refractivity (Wildman–Crippen MR) is 133 cm³/mol. The lowest BCUT2D eigenvalue weighted by molar-refractivity contribution is -0.00509. The van der Waals surface area contributed by atoms with E-state index in [0.29, 0.717) is 23.5 Å². The maximum atomic E-state index is 13.5. The Balaban J connectivity index is 1.57. The number of carbonyl (C=O) groups is 1. The van der Waals surface area contributed by atoms with E-state index in [1.54, 1.807) is 36.4 Å². The molecule has 2 aliphatic heterocycles. The molecular weight excluding hydrogens is 604 g/mol. The van der Waals surface area contributed by atoms with Crippen molar-refractivity contribution in [2.75, 3.05) is 7.11 Å². The number of ketones is 1. The monoisotopic (exact) mass is 618 g/mol. The van der Waals surface area contributed by atoms with Gasteiger partial charge in [0.2, 0.25) is 5.78 Å². The first-order valence-electron chi connectivity index (χ1n) is 9.90. The normalized spacial score (nSPS) is 19.0. The van der Waals surface area contributed by atoms with Crippen molar-refractivity contribution in [1.29, 1.82) is 0 Å². The second-order valence-electron chi connectivity index (χ2n) is 7.52. The Kier molecular flexibility index (Phi) is 5.86. The summed E-state index contributed by atoms with van der Waals surface area (Å²) in [6, 6.07) is 18.9. The molecule has 5 rings (SSSR count). The molecule has 0 aliphatic carbocycles. The number of hydrogen-bond acceptors (Lipinski definition) is 5. The van der Waals surface area contributed by atoms with Crippen molar-refractivity contribution in [1.82, 2.24) is 5.01 Å². The second kappa shape index (κ2) is 8.65. The van der Waals surface area contributed by atoms with Crippen LogP contribution in [0.3, 0.4) is 0 Å². The minimum atomic E-state index is -0.869. The van der Waals surface area contributed by atoms with Crippen LogP contribution < -0.4 is 9.47 Å². The first-order valence-corrected chi connectivity index (χ1v) is 12.3. The summed E-state index contributed by atoms with van der Waals surface area (Å²) in [5.41, 5.74) is 3.47. The third-order valence-electron chi connectivity index (χ3n) is 5.58. The number of halogens is 3. The molecule has 162 valence electrons. The molecular formula is C24H17Br3N2O3. The van der Waals surface area contributed by atoms with E-state index in [-0.39, 0.29) is 11.8 Å². The summed E-state index contributed by atoms with van der Waals surface area (Å²) in [6.45, 7) is 0. The van der Waals surface area contributed by atoms with E-state index in [4.69, 9.17) is 14.6 Å². The number of methoxy groups -OCH3 is 1. The van der Waals surface area contributed by atoms with Crippen molar-refractivity contribution in [3.05, 3.63) is 90.8 Å². The Labute approximate surface area is 210 Å². The number of Topliss-reactive ketones (excluding diaryl/α,β-unsaturated/α-hetero) is 1. The fourth-order valence-corrected chi connectivity index (χ4v) is 5.62. The second-order valence-corrected chi connectivity index (χ2v) is 10.2. The van der Waals surface area contributed by atoms with Crippen LogP contribution in [-0.2, 0) is 0 Å². The van der Waals surface area contributed by atoms with Gasteiger partial charge in [0.25, 0.3) is 6.23 Å². The van der Waals surface area contributed by atoms with E-state index in [9.17, 15) is 4.79 Å². The van der Waals surface area contributed by atoms with Gasteiger partial charge in [-0.3, -0.25) is 4.79 Å². The SMILES string of the molecule is COc1ccc(C(=O)[C@H]2Oc3c(Br)cc(Br)cc3[C@@H]3CC(c4ccc(Br)cc4)=NN23)cc1. The number of nitrogens with zero attached hydrogens (tertiary/aromatic N) is 2. The summed E-state index contributed by atoms with van der Waals surface area (Å²) >= 11 is 10.7. The molecule has 0 saturated heterocycles. The quantitative estimate of drug-likeness (QED) is 0.303. The number of rotatable bonds is 4. The van der Waals surface area contributed by atoms with Crippen molar-refractivity contribution < 1.29 is 14.3 Å². The van der Waals surface area contributed by atoms with Crippen LogP contribution in [0.5, 0.6) is 11.5 Å². The molecule has 0 bridgehead atoms. The third kappa shape index (κ3) is 3.89. The average molecular weight is 621 g/mol. The van der Waals surface area contributed by atoms with E-state index in [1.165, 1.54) is 0 Å². The smallest absolute Gasteiger partial charge is 0.251 e. The van der Waals surface area contributed by atoms with Gasteiger partial charge >= 0.3 is 0 Å². The standard InChI is InChI=1S/C24H17Br3N2O3/c1-31-17-8-4-14(5-9-17)22(30)24-29-21(18-10-16(26)11-19(27)23(18)32-24)12-20(28-29)13-2-6-15(25)7-3-13/h2-11,21,24H,12H2,1H3/t21-,24+/m0/s1. The summed E-state index contributed by atoms with van der Waals surface area (Å²) in [6.07, 6.45) is -0.195. The molecule has 5 nitrogen and oxygen atoms in total. The number of benzene rings is 3. The zero-order valence-corrected chi connectivity index (χ0v) is 21.6. The van der Waals surface area contributed by atoms with Crippen LogP contribution in [0.2, 0.25) is 0 Å². The van der Waals surface area contributed by atoms with Gasteiger partial charge < -0.3 is 9.47 Å². The number of fused-ring (bicyclic) bond motifs is 3. The fourth-order valence-electron chi connectivity index (χ4n) is 4.00. The molecule has 2 aliphatic rings. The van der Waals surface area contributed by atoms with E-state index < -0.39 is 6.23 Å². The highest BCUT2D eigenvalue weighted by Crippen LogP contribution is 2.47. The molecule has 2 heterocycles. The summed E-state index contributed by atoms with van der Waals surface area (Å²) < 4.78 is 14.2. The molecule has 32 heavy (non-hydrogen) atoms. The lowest BCUT2D eigenvalue weighted by atomic mass is 9.96. The number of hydrazone groups is 1. The van der Waals surface area contributed by atoms with Gasteiger partial charge in [-0.1, -0.05) is 44.0 Å².